The second kappa shape index (κ2) is 7.25. The maximum absolute atomic E-state index is 12.4. The Bertz CT molecular complexity index is 513. The van der Waals surface area contributed by atoms with Crippen molar-refractivity contribution >= 4 is 17.5 Å². The fourth-order valence-corrected chi connectivity index (χ4v) is 2.95. The van der Waals surface area contributed by atoms with Crippen molar-refractivity contribution in [1.82, 2.24) is 4.90 Å². The van der Waals surface area contributed by atoms with Gasteiger partial charge in [-0.3, -0.25) is 9.59 Å². The third-order valence-corrected chi connectivity index (χ3v) is 4.20. The maximum atomic E-state index is 12.4. The van der Waals surface area contributed by atoms with Gasteiger partial charge in [0.15, 0.2) is 0 Å². The van der Waals surface area contributed by atoms with Crippen LogP contribution in [-0.4, -0.2) is 29.3 Å². The minimum Gasteiger partial charge on any atom is -0.331 e. The molecule has 1 saturated heterocycles. The number of nitrogens with zero attached hydrogens (tertiary/aromatic N) is 1. The zero-order chi connectivity index (χ0) is 15.2. The van der Waals surface area contributed by atoms with Gasteiger partial charge in [0.05, 0.1) is 0 Å². The molecule has 1 fully saturated rings. The molecule has 1 atom stereocenters. The van der Waals surface area contributed by atoms with Gasteiger partial charge in [0.1, 0.15) is 0 Å². The highest BCUT2D eigenvalue weighted by Gasteiger charge is 2.29. The second-order valence-electron chi connectivity index (χ2n) is 5.52. The van der Waals surface area contributed by atoms with E-state index in [4.69, 9.17) is 0 Å². The Labute approximate surface area is 126 Å². The van der Waals surface area contributed by atoms with E-state index >= 15 is 0 Å². The molecule has 4 nitrogen and oxygen atoms in total. The zero-order valence-electron chi connectivity index (χ0n) is 12.9. The average molecular weight is 288 g/mol. The molecule has 1 aliphatic heterocycles. The number of hydrogen-bond acceptors (Lipinski definition) is 2. The highest BCUT2D eigenvalue weighted by molar-refractivity contribution is 6.39. The van der Waals surface area contributed by atoms with Gasteiger partial charge in [-0.1, -0.05) is 32.0 Å². The van der Waals surface area contributed by atoms with E-state index in [1.54, 1.807) is 4.90 Å². The monoisotopic (exact) mass is 288 g/mol. The molecule has 0 aromatic heterocycles. The summed E-state index contributed by atoms with van der Waals surface area (Å²) >= 11 is 0. The van der Waals surface area contributed by atoms with Crippen LogP contribution in [0, 0.1) is 0 Å². The van der Waals surface area contributed by atoms with Gasteiger partial charge in [0.25, 0.3) is 0 Å². The number of para-hydroxylation sites is 1. The molecule has 114 valence electrons. The van der Waals surface area contributed by atoms with Crippen LogP contribution in [0.5, 0.6) is 0 Å². The minimum atomic E-state index is -0.517. The number of nitrogens with one attached hydrogen (secondary N) is 1. The van der Waals surface area contributed by atoms with Crippen molar-refractivity contribution in [3.05, 3.63) is 29.8 Å². The third kappa shape index (κ3) is 3.63. The molecule has 4 heteroatoms. The molecule has 2 rings (SSSR count). The van der Waals surface area contributed by atoms with Crippen molar-refractivity contribution in [2.24, 2.45) is 0 Å². The fraction of sp³-hybridized carbons (Fsp3) is 0.529. The number of amides is 2. The summed E-state index contributed by atoms with van der Waals surface area (Å²) in [6, 6.07) is 7.83. The Balaban J connectivity index is 2.07. The number of carbonyl (C=O) groups is 2. The zero-order valence-corrected chi connectivity index (χ0v) is 12.9. The lowest BCUT2D eigenvalue weighted by atomic mass is 10.00. The number of benzene rings is 1. The van der Waals surface area contributed by atoms with Crippen molar-refractivity contribution in [2.45, 2.75) is 52.0 Å². The number of aryl methyl sites for hydroxylation is 1. The van der Waals surface area contributed by atoms with Crippen LogP contribution < -0.4 is 5.32 Å². The molecular formula is C17H24N2O2. The molecule has 0 saturated carbocycles. The first-order valence-electron chi connectivity index (χ1n) is 7.87. The highest BCUT2D eigenvalue weighted by atomic mass is 16.2. The van der Waals surface area contributed by atoms with E-state index in [2.05, 4.69) is 12.2 Å². The van der Waals surface area contributed by atoms with E-state index in [-0.39, 0.29) is 6.04 Å². The predicted octanol–water partition coefficient (Wildman–Crippen LogP) is 2.98. The van der Waals surface area contributed by atoms with E-state index in [0.29, 0.717) is 6.54 Å². The summed E-state index contributed by atoms with van der Waals surface area (Å²) in [5.41, 5.74) is 1.78. The highest BCUT2D eigenvalue weighted by Crippen LogP contribution is 2.20. The van der Waals surface area contributed by atoms with Crippen LogP contribution in [0.2, 0.25) is 0 Å². The van der Waals surface area contributed by atoms with Gasteiger partial charge in [-0.25, -0.2) is 0 Å². The Morgan fingerprint density at radius 2 is 2.00 bits per heavy atom. The number of likely N-dealkylation sites (tertiary alicyclic amines) is 1. The standard InChI is InChI=1S/C17H24N2O2/c1-3-13-9-5-6-11-15(13)18-16(20)17(21)19-12-8-7-10-14(19)4-2/h5-6,9,11,14H,3-4,7-8,10,12H2,1-2H3,(H,18,20). The van der Waals surface area contributed by atoms with Crippen molar-refractivity contribution in [3.63, 3.8) is 0 Å². The topological polar surface area (TPSA) is 49.4 Å². The number of rotatable bonds is 3. The summed E-state index contributed by atoms with van der Waals surface area (Å²) in [6.45, 7) is 4.80. The number of carbonyl (C=O) groups excluding carboxylic acids is 2. The van der Waals surface area contributed by atoms with Gasteiger partial charge in [-0.2, -0.15) is 0 Å². The Kier molecular flexibility index (Phi) is 5.37. The lowest BCUT2D eigenvalue weighted by Gasteiger charge is -2.34. The van der Waals surface area contributed by atoms with Crippen LogP contribution in [0.1, 0.15) is 45.1 Å². The summed E-state index contributed by atoms with van der Waals surface area (Å²) in [4.78, 5) is 26.4. The molecule has 1 N–H and O–H groups in total. The van der Waals surface area contributed by atoms with E-state index in [1.807, 2.05) is 31.2 Å². The molecule has 1 aromatic carbocycles. The van der Waals surface area contributed by atoms with Crippen LogP contribution in [0.4, 0.5) is 5.69 Å². The van der Waals surface area contributed by atoms with Gasteiger partial charge in [0.2, 0.25) is 0 Å². The van der Waals surface area contributed by atoms with Gasteiger partial charge in [-0.05, 0) is 43.7 Å². The van der Waals surface area contributed by atoms with Crippen LogP contribution >= 0.6 is 0 Å². The molecule has 1 unspecified atom stereocenters. The van der Waals surface area contributed by atoms with Crippen molar-refractivity contribution in [1.29, 1.82) is 0 Å². The first-order chi connectivity index (χ1) is 10.2. The van der Waals surface area contributed by atoms with Crippen LogP contribution in [0.15, 0.2) is 24.3 Å². The quantitative estimate of drug-likeness (QED) is 0.869. The Hall–Kier alpha value is -1.84. The number of hydrogen-bond donors (Lipinski definition) is 1. The molecule has 21 heavy (non-hydrogen) atoms. The second-order valence-corrected chi connectivity index (χ2v) is 5.52. The van der Waals surface area contributed by atoms with Gasteiger partial charge >= 0.3 is 11.8 Å². The summed E-state index contributed by atoms with van der Waals surface area (Å²) in [5, 5.41) is 2.77. The van der Waals surface area contributed by atoms with Crippen LogP contribution in [0.25, 0.3) is 0 Å². The molecule has 1 heterocycles. The molecule has 1 aliphatic rings. The minimum absolute atomic E-state index is 0.207. The molecule has 0 radical (unpaired) electrons. The summed E-state index contributed by atoms with van der Waals surface area (Å²) in [5.74, 6) is -0.913. The molecule has 0 spiro atoms. The smallest absolute Gasteiger partial charge is 0.313 e. The number of piperidine rings is 1. The molecule has 0 bridgehead atoms. The van der Waals surface area contributed by atoms with Gasteiger partial charge < -0.3 is 10.2 Å². The van der Waals surface area contributed by atoms with Crippen molar-refractivity contribution in [2.75, 3.05) is 11.9 Å². The van der Waals surface area contributed by atoms with Crippen LogP contribution in [0.3, 0.4) is 0 Å². The molecular weight excluding hydrogens is 264 g/mol. The third-order valence-electron chi connectivity index (χ3n) is 4.20. The number of anilines is 1. The maximum Gasteiger partial charge on any atom is 0.313 e. The normalized spacial score (nSPS) is 18.4. The van der Waals surface area contributed by atoms with E-state index in [9.17, 15) is 9.59 Å². The summed E-state index contributed by atoms with van der Waals surface area (Å²) in [6.07, 6.45) is 4.86. The largest absolute Gasteiger partial charge is 0.331 e. The summed E-state index contributed by atoms with van der Waals surface area (Å²) < 4.78 is 0. The lowest BCUT2D eigenvalue weighted by Crippen LogP contribution is -2.48. The first kappa shape index (κ1) is 15.5. The molecule has 2 amide bonds. The average Bonchev–Trinajstić information content (AvgIpc) is 2.54. The van der Waals surface area contributed by atoms with E-state index in [0.717, 1.165) is 43.4 Å². The van der Waals surface area contributed by atoms with E-state index in [1.165, 1.54) is 0 Å². The predicted molar refractivity (Wildman–Crippen MR) is 84.1 cm³/mol. The Morgan fingerprint density at radius 1 is 1.24 bits per heavy atom. The van der Waals surface area contributed by atoms with Gasteiger partial charge in [-0.15, -0.1) is 0 Å². The fourth-order valence-electron chi connectivity index (χ4n) is 2.95. The van der Waals surface area contributed by atoms with Gasteiger partial charge in [0, 0.05) is 18.3 Å². The van der Waals surface area contributed by atoms with Crippen LogP contribution in [-0.2, 0) is 16.0 Å². The summed E-state index contributed by atoms with van der Waals surface area (Å²) in [7, 11) is 0. The SMILES string of the molecule is CCc1ccccc1NC(=O)C(=O)N1CCCCC1CC. The molecule has 0 aliphatic carbocycles. The Morgan fingerprint density at radius 3 is 2.71 bits per heavy atom. The molecule has 1 aromatic rings. The van der Waals surface area contributed by atoms with E-state index < -0.39 is 11.8 Å². The first-order valence-corrected chi connectivity index (χ1v) is 7.87. The van der Waals surface area contributed by atoms with Crippen molar-refractivity contribution < 1.29 is 9.59 Å². The van der Waals surface area contributed by atoms with Crippen molar-refractivity contribution in [3.8, 4) is 0 Å². The lowest BCUT2D eigenvalue weighted by molar-refractivity contribution is -0.145.